The summed E-state index contributed by atoms with van der Waals surface area (Å²) < 4.78 is 91.4. The molecule has 302 valence electrons. The van der Waals surface area contributed by atoms with Gasteiger partial charge in [-0.1, -0.05) is 0 Å². The Hall–Kier alpha value is -2.56. The summed E-state index contributed by atoms with van der Waals surface area (Å²) in [6.07, 6.45) is 7.38. The predicted octanol–water partition coefficient (Wildman–Crippen LogP) is 4.19. The van der Waals surface area contributed by atoms with Crippen molar-refractivity contribution in [2.24, 2.45) is 70.0 Å². The van der Waals surface area contributed by atoms with E-state index < -0.39 is 67.4 Å². The maximum atomic E-state index is 14.3. The van der Waals surface area contributed by atoms with Gasteiger partial charge in [-0.2, -0.15) is 17.2 Å². The molecule has 13 aliphatic rings. The molecular weight excluding hydrogens is 746 g/mol. The highest BCUT2D eigenvalue weighted by Gasteiger charge is 2.69. The first-order valence-corrected chi connectivity index (χ1v) is 21.7. The van der Waals surface area contributed by atoms with Crippen LogP contribution in [0.3, 0.4) is 0 Å². The average Bonchev–Trinajstić information content (AvgIpc) is 3.11. The Labute approximate surface area is 317 Å². The molecule has 16 heteroatoms. The summed E-state index contributed by atoms with van der Waals surface area (Å²) in [5.41, 5.74) is -2.82. The second kappa shape index (κ2) is 12.0. The van der Waals surface area contributed by atoms with Crippen LogP contribution >= 0.6 is 0 Å². The first-order chi connectivity index (χ1) is 25.9. The van der Waals surface area contributed by atoms with Crippen LogP contribution in [-0.2, 0) is 57.8 Å². The topological polar surface area (TPSA) is 186 Å². The zero-order valence-corrected chi connectivity index (χ0v) is 31.4. The monoisotopic (exact) mass is 794 g/mol. The Bertz CT molecular complexity index is 1790. The zero-order chi connectivity index (χ0) is 38.5. The van der Waals surface area contributed by atoms with Crippen LogP contribution in [0.1, 0.15) is 96.3 Å². The van der Waals surface area contributed by atoms with Crippen LogP contribution < -0.4 is 0 Å². The Kier molecular flexibility index (Phi) is 8.02. The van der Waals surface area contributed by atoms with Gasteiger partial charge in [0.25, 0.3) is 0 Å². The zero-order valence-electron chi connectivity index (χ0n) is 30.6. The van der Waals surface area contributed by atoms with Gasteiger partial charge in [0, 0.05) is 41.4 Å². The van der Waals surface area contributed by atoms with Gasteiger partial charge in [0.15, 0.2) is 5.79 Å². The van der Waals surface area contributed by atoms with Gasteiger partial charge in [-0.3, -0.25) is 23.7 Å². The number of hydrogen-bond donors (Lipinski definition) is 1. The molecule has 12 bridgehead atoms. The Morgan fingerprint density at radius 1 is 0.709 bits per heavy atom. The fourth-order valence-corrected chi connectivity index (χ4v) is 14.7. The van der Waals surface area contributed by atoms with Crippen molar-refractivity contribution in [3.05, 3.63) is 0 Å². The molecule has 1 aliphatic heterocycles. The summed E-state index contributed by atoms with van der Waals surface area (Å²) in [5, 5.41) is -5.12. The van der Waals surface area contributed by atoms with E-state index in [-0.39, 0.29) is 92.2 Å². The molecule has 13 nitrogen and oxygen atoms in total. The normalized spacial score (nSPS) is 48.7. The third-order valence-electron chi connectivity index (χ3n) is 16.2. The highest BCUT2D eigenvalue weighted by atomic mass is 32.2. The van der Waals surface area contributed by atoms with E-state index in [1.54, 1.807) is 0 Å². The van der Waals surface area contributed by atoms with Crippen molar-refractivity contribution in [1.82, 2.24) is 0 Å². The highest BCUT2D eigenvalue weighted by molar-refractivity contribution is 7.87. The molecular formula is C39H48F2O13S. The number of carbonyl (C=O) groups excluding carboxylic acids is 5. The quantitative estimate of drug-likeness (QED) is 0.199. The summed E-state index contributed by atoms with van der Waals surface area (Å²) in [5.74, 6) is -5.00. The van der Waals surface area contributed by atoms with Crippen molar-refractivity contribution in [1.29, 1.82) is 0 Å². The standard InChI is InChI=1S/C39H48F2O13S/c40-39(41,55(47,48)49)34(46)54-37-9-21-5-27(14-37)38(28(6-21)15-37)52-17-26(16-50-32(44)35-7-19-1-22(10-35)30(42)23(2-19)11-35)29(53-38)18-51-33(45)36-8-20-3-24(12-36)31(43)25(4-20)13-36/h19-29H,1-18H2,(H,47,48,49). The van der Waals surface area contributed by atoms with Crippen molar-refractivity contribution < 1.29 is 69.4 Å². The number of alkyl halides is 2. The molecule has 12 aliphatic carbocycles. The Balaban J connectivity index is 0.876. The van der Waals surface area contributed by atoms with Crippen LogP contribution in [-0.4, -0.2) is 85.0 Å². The van der Waals surface area contributed by atoms with Gasteiger partial charge in [-0.15, -0.1) is 0 Å². The molecule has 8 unspecified atom stereocenters. The number of carbonyl (C=O) groups is 5. The molecule has 0 aromatic rings. The van der Waals surface area contributed by atoms with Crippen molar-refractivity contribution in [3.8, 4) is 0 Å². The van der Waals surface area contributed by atoms with Gasteiger partial charge in [0.1, 0.15) is 29.9 Å². The van der Waals surface area contributed by atoms with Crippen molar-refractivity contribution in [3.63, 3.8) is 0 Å². The number of rotatable bonds is 9. The molecule has 0 amide bonds. The van der Waals surface area contributed by atoms with E-state index in [9.17, 15) is 41.2 Å². The predicted molar refractivity (Wildman–Crippen MR) is 180 cm³/mol. The maximum absolute atomic E-state index is 14.3. The minimum absolute atomic E-state index is 0.0385. The SMILES string of the molecule is O=C1C2CC3CC1CC(C(=O)OCC1COC4(OC1COC(=O)C15CC6CC(C1)C(=O)C(C6)C5)C1CC5CC4CC(OC(=O)C(F)(F)S(=O)(=O)O)(C5)C1)(C3)C2. The summed E-state index contributed by atoms with van der Waals surface area (Å²) in [6, 6.07) is 0. The maximum Gasteiger partial charge on any atom is 0.465 e. The molecule has 1 spiro atoms. The van der Waals surface area contributed by atoms with Crippen molar-refractivity contribution in [2.75, 3.05) is 19.8 Å². The molecule has 13 fully saturated rings. The largest absolute Gasteiger partial charge is 0.465 e. The van der Waals surface area contributed by atoms with Crippen LogP contribution in [0.25, 0.3) is 0 Å². The number of ether oxygens (including phenoxy) is 5. The fraction of sp³-hybridized carbons (Fsp3) is 0.872. The molecule has 1 heterocycles. The van der Waals surface area contributed by atoms with E-state index >= 15 is 0 Å². The van der Waals surface area contributed by atoms with Crippen LogP contribution in [0.15, 0.2) is 0 Å². The van der Waals surface area contributed by atoms with E-state index in [0.717, 1.165) is 25.7 Å². The first-order valence-electron chi connectivity index (χ1n) is 20.2. The van der Waals surface area contributed by atoms with Gasteiger partial charge in [0.2, 0.25) is 0 Å². The molecule has 0 radical (unpaired) electrons. The second-order valence-corrected chi connectivity index (χ2v) is 21.1. The molecule has 1 N–H and O–H groups in total. The average molecular weight is 795 g/mol. The number of esters is 3. The van der Waals surface area contributed by atoms with Gasteiger partial charge >= 0.3 is 33.3 Å². The number of ketones is 2. The van der Waals surface area contributed by atoms with E-state index in [4.69, 9.17) is 28.2 Å². The first kappa shape index (κ1) is 36.8. The van der Waals surface area contributed by atoms with Crippen molar-refractivity contribution >= 4 is 39.6 Å². The van der Waals surface area contributed by atoms with Crippen LogP contribution in [0.2, 0.25) is 0 Å². The molecule has 13 rings (SSSR count). The molecule has 1 saturated heterocycles. The van der Waals surface area contributed by atoms with E-state index in [1.807, 2.05) is 0 Å². The second-order valence-electron chi connectivity index (χ2n) is 19.6. The summed E-state index contributed by atoms with van der Waals surface area (Å²) >= 11 is 0. The third kappa shape index (κ3) is 5.48. The highest BCUT2D eigenvalue weighted by Crippen LogP contribution is 2.65. The molecule has 8 atom stereocenters. The van der Waals surface area contributed by atoms with Gasteiger partial charge in [-0.25, -0.2) is 4.79 Å². The van der Waals surface area contributed by atoms with Crippen LogP contribution in [0.5, 0.6) is 0 Å². The number of hydrogen-bond acceptors (Lipinski definition) is 12. The van der Waals surface area contributed by atoms with Crippen molar-refractivity contribution in [2.45, 2.75) is 119 Å². The fourth-order valence-electron chi connectivity index (χ4n) is 14.4. The number of Topliss-reactive ketones (excluding diaryl/α,β-unsaturated/α-hetero) is 2. The van der Waals surface area contributed by atoms with Gasteiger partial charge in [-0.05, 0) is 114 Å². The molecule has 0 aromatic carbocycles. The Morgan fingerprint density at radius 2 is 1.18 bits per heavy atom. The lowest BCUT2D eigenvalue weighted by Gasteiger charge is -2.65. The molecule has 12 saturated carbocycles. The molecule has 0 aromatic heterocycles. The summed E-state index contributed by atoms with van der Waals surface area (Å²) in [6.45, 7) is -0.147. The van der Waals surface area contributed by atoms with Crippen LogP contribution in [0, 0.1) is 70.0 Å². The van der Waals surface area contributed by atoms with Crippen LogP contribution in [0.4, 0.5) is 8.78 Å². The van der Waals surface area contributed by atoms with E-state index in [0.29, 0.717) is 63.2 Å². The minimum atomic E-state index is -6.05. The van der Waals surface area contributed by atoms with E-state index in [1.165, 1.54) is 0 Å². The van der Waals surface area contributed by atoms with Gasteiger partial charge < -0.3 is 23.7 Å². The smallest absolute Gasteiger partial charge is 0.465 e. The number of halogens is 2. The Morgan fingerprint density at radius 3 is 1.67 bits per heavy atom. The van der Waals surface area contributed by atoms with Gasteiger partial charge in [0.05, 0.1) is 24.0 Å². The minimum Gasteiger partial charge on any atom is -0.465 e. The third-order valence-corrected chi connectivity index (χ3v) is 17.0. The summed E-state index contributed by atoms with van der Waals surface area (Å²) in [4.78, 5) is 66.0. The molecule has 55 heavy (non-hydrogen) atoms. The van der Waals surface area contributed by atoms with E-state index in [2.05, 4.69) is 0 Å². The lowest BCUT2D eigenvalue weighted by atomic mass is 9.49. The lowest BCUT2D eigenvalue weighted by Crippen LogP contribution is -2.70. The lowest BCUT2D eigenvalue weighted by molar-refractivity contribution is -0.402. The summed E-state index contributed by atoms with van der Waals surface area (Å²) in [7, 11) is -6.05.